The van der Waals surface area contributed by atoms with Crippen molar-refractivity contribution >= 4 is 11.5 Å². The first-order chi connectivity index (χ1) is 13.2. The summed E-state index contributed by atoms with van der Waals surface area (Å²) in [6.45, 7) is 4.58. The molecule has 1 aliphatic rings. The molecule has 0 fully saturated rings. The minimum absolute atomic E-state index is 0.314. The molecular formula is C21H24N6. The lowest BCUT2D eigenvalue weighted by Gasteiger charge is -2.27. The maximum atomic E-state index is 4.80. The molecule has 0 radical (unpaired) electrons. The molecule has 1 aromatic carbocycles. The van der Waals surface area contributed by atoms with E-state index in [4.69, 9.17) is 9.97 Å². The van der Waals surface area contributed by atoms with Crippen LogP contribution in [0.15, 0.2) is 54.9 Å². The maximum Gasteiger partial charge on any atom is 0.163 e. The van der Waals surface area contributed by atoms with Crippen LogP contribution in [-0.2, 0) is 13.1 Å². The Hall–Kier alpha value is -2.99. The summed E-state index contributed by atoms with van der Waals surface area (Å²) in [7, 11) is 2.12. The van der Waals surface area contributed by atoms with Crippen molar-refractivity contribution in [1.29, 1.82) is 0 Å². The Morgan fingerprint density at radius 3 is 2.74 bits per heavy atom. The third-order valence-corrected chi connectivity index (χ3v) is 5.00. The van der Waals surface area contributed by atoms with Gasteiger partial charge < -0.3 is 15.5 Å². The molecule has 0 saturated carbocycles. The fraction of sp³-hybridized carbons (Fsp3) is 0.286. The number of hydrogen-bond acceptors (Lipinski definition) is 6. The van der Waals surface area contributed by atoms with Gasteiger partial charge in [-0.2, -0.15) is 0 Å². The number of rotatable bonds is 6. The second-order valence-electron chi connectivity index (χ2n) is 6.84. The summed E-state index contributed by atoms with van der Waals surface area (Å²) in [5, 5.41) is 6.93. The average molecular weight is 360 g/mol. The van der Waals surface area contributed by atoms with E-state index in [1.807, 2.05) is 18.2 Å². The van der Waals surface area contributed by atoms with Crippen LogP contribution in [0.3, 0.4) is 0 Å². The monoisotopic (exact) mass is 360 g/mol. The molecule has 0 bridgehead atoms. The lowest BCUT2D eigenvalue weighted by molar-refractivity contribution is 0.713. The van der Waals surface area contributed by atoms with E-state index in [2.05, 4.69) is 58.8 Å². The third kappa shape index (κ3) is 3.75. The highest BCUT2D eigenvalue weighted by molar-refractivity contribution is 5.60. The Kier molecular flexibility index (Phi) is 4.98. The normalized spacial score (nSPS) is 13.9. The molecule has 2 N–H and O–H groups in total. The van der Waals surface area contributed by atoms with Crippen molar-refractivity contribution in [1.82, 2.24) is 20.3 Å². The minimum atomic E-state index is 0.314. The van der Waals surface area contributed by atoms with Crippen molar-refractivity contribution in [3.8, 4) is 11.4 Å². The molecule has 6 nitrogen and oxygen atoms in total. The molecular weight excluding hydrogens is 336 g/mol. The standard InChI is InChI=1S/C21H24N6/c1-15(27(2)17-8-4-3-5-9-17)11-24-21-18-13-23-14-19(18)25-20(26-21)16-7-6-10-22-12-16/h3-10,12,15,23H,11,13-14H2,1-2H3,(H,24,25,26). The van der Waals surface area contributed by atoms with Crippen LogP contribution in [0, 0.1) is 0 Å². The molecule has 1 aliphatic heterocycles. The zero-order chi connectivity index (χ0) is 18.6. The second kappa shape index (κ2) is 7.72. The summed E-state index contributed by atoms with van der Waals surface area (Å²) < 4.78 is 0. The molecule has 27 heavy (non-hydrogen) atoms. The van der Waals surface area contributed by atoms with E-state index in [9.17, 15) is 0 Å². The number of para-hydroxylation sites is 1. The van der Waals surface area contributed by atoms with Crippen molar-refractivity contribution in [3.05, 3.63) is 66.1 Å². The van der Waals surface area contributed by atoms with Crippen LogP contribution >= 0.6 is 0 Å². The van der Waals surface area contributed by atoms with Crippen LogP contribution in [-0.4, -0.2) is 34.6 Å². The van der Waals surface area contributed by atoms with Crippen molar-refractivity contribution in [3.63, 3.8) is 0 Å². The zero-order valence-electron chi connectivity index (χ0n) is 15.7. The van der Waals surface area contributed by atoms with E-state index in [-0.39, 0.29) is 0 Å². The van der Waals surface area contributed by atoms with Gasteiger partial charge in [0, 0.05) is 61.9 Å². The molecule has 3 aromatic rings. The van der Waals surface area contributed by atoms with Crippen LogP contribution in [0.4, 0.5) is 11.5 Å². The Morgan fingerprint density at radius 2 is 1.96 bits per heavy atom. The quantitative estimate of drug-likeness (QED) is 0.704. The molecule has 0 aliphatic carbocycles. The minimum Gasteiger partial charge on any atom is -0.370 e. The second-order valence-corrected chi connectivity index (χ2v) is 6.84. The number of nitrogens with one attached hydrogen (secondary N) is 2. The highest BCUT2D eigenvalue weighted by Gasteiger charge is 2.20. The first-order valence-electron chi connectivity index (χ1n) is 9.25. The number of likely N-dealkylation sites (N-methyl/N-ethyl adjacent to an activating group) is 1. The molecule has 1 atom stereocenters. The van der Waals surface area contributed by atoms with E-state index in [1.54, 1.807) is 12.4 Å². The summed E-state index contributed by atoms with van der Waals surface area (Å²) in [5.41, 5.74) is 4.37. The highest BCUT2D eigenvalue weighted by atomic mass is 15.2. The predicted molar refractivity (Wildman–Crippen MR) is 109 cm³/mol. The van der Waals surface area contributed by atoms with Crippen LogP contribution in [0.5, 0.6) is 0 Å². The Bertz CT molecular complexity index is 897. The molecule has 0 amide bonds. The molecule has 0 spiro atoms. The van der Waals surface area contributed by atoms with Gasteiger partial charge in [0.05, 0.1) is 5.69 Å². The summed E-state index contributed by atoms with van der Waals surface area (Å²) in [5.74, 6) is 1.63. The largest absolute Gasteiger partial charge is 0.370 e. The lowest BCUT2D eigenvalue weighted by Crippen LogP contribution is -2.35. The van der Waals surface area contributed by atoms with Crippen molar-refractivity contribution < 1.29 is 0 Å². The van der Waals surface area contributed by atoms with Crippen LogP contribution < -0.4 is 15.5 Å². The molecule has 138 valence electrons. The molecule has 3 heterocycles. The van der Waals surface area contributed by atoms with Gasteiger partial charge in [-0.3, -0.25) is 4.98 Å². The zero-order valence-corrected chi connectivity index (χ0v) is 15.7. The predicted octanol–water partition coefficient (Wildman–Crippen LogP) is 3.08. The van der Waals surface area contributed by atoms with E-state index in [0.29, 0.717) is 6.04 Å². The first kappa shape index (κ1) is 17.4. The van der Waals surface area contributed by atoms with Gasteiger partial charge in [-0.15, -0.1) is 0 Å². The lowest BCUT2D eigenvalue weighted by atomic mass is 10.2. The third-order valence-electron chi connectivity index (χ3n) is 5.00. The summed E-state index contributed by atoms with van der Waals surface area (Å²) in [6.07, 6.45) is 3.57. The van der Waals surface area contributed by atoms with E-state index >= 15 is 0 Å². The van der Waals surface area contributed by atoms with Gasteiger partial charge >= 0.3 is 0 Å². The van der Waals surface area contributed by atoms with Crippen molar-refractivity contribution in [2.24, 2.45) is 0 Å². The number of pyridine rings is 1. The Balaban J connectivity index is 1.54. The summed E-state index contributed by atoms with van der Waals surface area (Å²) in [4.78, 5) is 16.0. The molecule has 1 unspecified atom stereocenters. The van der Waals surface area contributed by atoms with Gasteiger partial charge in [0.25, 0.3) is 0 Å². The summed E-state index contributed by atoms with van der Waals surface area (Å²) >= 11 is 0. The van der Waals surface area contributed by atoms with Gasteiger partial charge in [-0.1, -0.05) is 18.2 Å². The number of nitrogens with zero attached hydrogens (tertiary/aromatic N) is 4. The summed E-state index contributed by atoms with van der Waals surface area (Å²) in [6, 6.07) is 14.6. The van der Waals surface area contributed by atoms with Gasteiger partial charge in [0.2, 0.25) is 0 Å². The Labute approximate surface area is 159 Å². The average Bonchev–Trinajstić information content (AvgIpc) is 3.21. The molecule has 0 saturated heterocycles. The molecule has 6 heteroatoms. The van der Waals surface area contributed by atoms with Gasteiger partial charge in [0.1, 0.15) is 5.82 Å². The number of benzene rings is 1. The van der Waals surface area contributed by atoms with Gasteiger partial charge in [-0.25, -0.2) is 9.97 Å². The SMILES string of the molecule is CC(CNc1nc(-c2cccnc2)nc2c1CNC2)N(C)c1ccccc1. The van der Waals surface area contributed by atoms with Crippen LogP contribution in [0.1, 0.15) is 18.2 Å². The topological polar surface area (TPSA) is 66.0 Å². The Morgan fingerprint density at radius 1 is 1.11 bits per heavy atom. The fourth-order valence-electron chi connectivity index (χ4n) is 3.24. The molecule has 4 rings (SSSR count). The first-order valence-corrected chi connectivity index (χ1v) is 9.25. The fourth-order valence-corrected chi connectivity index (χ4v) is 3.24. The van der Waals surface area contributed by atoms with E-state index < -0.39 is 0 Å². The van der Waals surface area contributed by atoms with Crippen LogP contribution in [0.25, 0.3) is 11.4 Å². The van der Waals surface area contributed by atoms with Gasteiger partial charge in [0.15, 0.2) is 5.82 Å². The van der Waals surface area contributed by atoms with E-state index in [0.717, 1.165) is 48.1 Å². The smallest absolute Gasteiger partial charge is 0.163 e. The number of fused-ring (bicyclic) bond motifs is 1. The van der Waals surface area contributed by atoms with E-state index in [1.165, 1.54) is 5.69 Å². The van der Waals surface area contributed by atoms with Crippen molar-refractivity contribution in [2.75, 3.05) is 23.8 Å². The number of hydrogen-bond donors (Lipinski definition) is 2. The number of aromatic nitrogens is 3. The van der Waals surface area contributed by atoms with Gasteiger partial charge in [-0.05, 0) is 31.2 Å². The molecule has 2 aromatic heterocycles. The number of anilines is 2. The maximum absolute atomic E-state index is 4.80. The highest BCUT2D eigenvalue weighted by Crippen LogP contribution is 2.25. The van der Waals surface area contributed by atoms with Crippen LogP contribution in [0.2, 0.25) is 0 Å². The van der Waals surface area contributed by atoms with Crippen molar-refractivity contribution in [2.45, 2.75) is 26.1 Å².